The van der Waals surface area contributed by atoms with Gasteiger partial charge in [0.25, 0.3) is 0 Å². The van der Waals surface area contributed by atoms with E-state index in [0.717, 1.165) is 16.4 Å². The predicted molar refractivity (Wildman–Crippen MR) is 76.2 cm³/mol. The van der Waals surface area contributed by atoms with Crippen molar-refractivity contribution in [3.8, 4) is 0 Å². The molecule has 0 saturated heterocycles. The van der Waals surface area contributed by atoms with Gasteiger partial charge in [-0.2, -0.15) is 0 Å². The molecule has 0 amide bonds. The summed E-state index contributed by atoms with van der Waals surface area (Å²) < 4.78 is 48.7. The number of aldehydes is 1. The van der Waals surface area contributed by atoms with Crippen LogP contribution in [0.15, 0.2) is 17.1 Å². The van der Waals surface area contributed by atoms with E-state index in [0.29, 0.717) is 6.29 Å². The van der Waals surface area contributed by atoms with Gasteiger partial charge >= 0.3 is 0 Å². The van der Waals surface area contributed by atoms with Gasteiger partial charge in [0, 0.05) is 18.2 Å². The number of guanidine groups is 1. The Kier molecular flexibility index (Phi) is 3.68. The van der Waals surface area contributed by atoms with E-state index in [1.807, 2.05) is 0 Å². The van der Waals surface area contributed by atoms with Crippen LogP contribution in [0.1, 0.15) is 22.8 Å². The Balaban J connectivity index is 2.65. The van der Waals surface area contributed by atoms with Crippen molar-refractivity contribution in [2.24, 2.45) is 10.7 Å². The smallest absolute Gasteiger partial charge is 0.210 e. The van der Waals surface area contributed by atoms with E-state index in [4.69, 9.17) is 5.73 Å². The maximum atomic E-state index is 14.1. The maximum absolute atomic E-state index is 14.1. The van der Waals surface area contributed by atoms with E-state index in [1.54, 1.807) is 0 Å². The zero-order valence-electron chi connectivity index (χ0n) is 11.4. The van der Waals surface area contributed by atoms with Crippen molar-refractivity contribution >= 4 is 23.0 Å². The van der Waals surface area contributed by atoms with Gasteiger partial charge in [0.05, 0.1) is 5.75 Å². The van der Waals surface area contributed by atoms with Crippen LogP contribution in [0.2, 0.25) is 0 Å². The molecule has 0 saturated carbocycles. The minimum absolute atomic E-state index is 0.0747. The second kappa shape index (κ2) is 4.93. The summed E-state index contributed by atoms with van der Waals surface area (Å²) in [5.74, 6) is -2.98. The zero-order chi connectivity index (χ0) is 16.0. The molecule has 2 rings (SSSR count). The van der Waals surface area contributed by atoms with Crippen LogP contribution < -0.4 is 5.73 Å². The van der Waals surface area contributed by atoms with E-state index in [2.05, 4.69) is 4.99 Å². The van der Waals surface area contributed by atoms with Crippen LogP contribution in [0.4, 0.5) is 8.78 Å². The number of hydrogen-bond acceptors (Lipinski definition) is 6. The van der Waals surface area contributed by atoms with Crippen molar-refractivity contribution in [1.29, 1.82) is 0 Å². The fourth-order valence-corrected chi connectivity index (χ4v) is 3.70. The second-order valence-corrected chi connectivity index (χ2v) is 7.10. The summed E-state index contributed by atoms with van der Waals surface area (Å²) in [5.41, 5.74) is 3.81. The highest BCUT2D eigenvalue weighted by molar-refractivity contribution is 8.22. The first kappa shape index (κ1) is 15.7. The first-order valence-electron chi connectivity index (χ1n) is 5.90. The number of aliphatic imine (C=N–C) groups is 1. The molecular formula is C12H15F2N3O3S. The van der Waals surface area contributed by atoms with Crippen LogP contribution in [-0.2, 0) is 5.54 Å². The third kappa shape index (κ3) is 2.59. The topological polar surface area (TPSA) is 99.2 Å². The lowest BCUT2D eigenvalue weighted by Gasteiger charge is -2.49. The van der Waals surface area contributed by atoms with Crippen molar-refractivity contribution < 1.29 is 22.7 Å². The molecule has 1 heterocycles. The summed E-state index contributed by atoms with van der Waals surface area (Å²) in [6.07, 6.45) is 0.370. The molecule has 0 bridgehead atoms. The molecule has 1 unspecified atom stereocenters. The molecule has 9 heteroatoms. The Morgan fingerprint density at radius 1 is 1.48 bits per heavy atom. The van der Waals surface area contributed by atoms with Crippen LogP contribution >= 0.6 is 10.8 Å². The highest BCUT2D eigenvalue weighted by atomic mass is 32.3. The lowest BCUT2D eigenvalue weighted by molar-refractivity contribution is 0.112. The summed E-state index contributed by atoms with van der Waals surface area (Å²) >= 11 is 0. The van der Waals surface area contributed by atoms with E-state index < -0.39 is 27.9 Å². The molecule has 21 heavy (non-hydrogen) atoms. The Bertz CT molecular complexity index is 638. The molecule has 1 aromatic carbocycles. The number of rotatable bonds is 2. The monoisotopic (exact) mass is 319 g/mol. The largest absolute Gasteiger partial charge is 0.369 e. The Hall–Kier alpha value is -1.71. The fraction of sp³-hybridized carbons (Fsp3) is 0.333. The lowest BCUT2D eigenvalue weighted by Crippen LogP contribution is -2.48. The minimum Gasteiger partial charge on any atom is -0.369 e. The SMILES string of the molecule is CN1C(N)=NC(C)(c2cc(C=O)cc(F)c2F)CS1(O)O. The Labute approximate surface area is 121 Å². The van der Waals surface area contributed by atoms with Gasteiger partial charge in [0.1, 0.15) is 11.8 Å². The van der Waals surface area contributed by atoms with Crippen molar-refractivity contribution in [1.82, 2.24) is 4.31 Å². The van der Waals surface area contributed by atoms with Crippen LogP contribution in [0, 0.1) is 11.6 Å². The summed E-state index contributed by atoms with van der Waals surface area (Å²) in [6.45, 7) is 1.40. The molecule has 1 aliphatic heterocycles. The quantitative estimate of drug-likeness (QED) is 0.723. The molecule has 0 spiro atoms. The summed E-state index contributed by atoms with van der Waals surface area (Å²) in [5, 5.41) is 0. The molecule has 6 nitrogen and oxygen atoms in total. The molecule has 1 atom stereocenters. The van der Waals surface area contributed by atoms with Crippen LogP contribution in [0.5, 0.6) is 0 Å². The van der Waals surface area contributed by atoms with Gasteiger partial charge in [-0.25, -0.2) is 18.1 Å². The van der Waals surface area contributed by atoms with E-state index >= 15 is 0 Å². The molecule has 0 aliphatic carbocycles. The van der Waals surface area contributed by atoms with E-state index in [9.17, 15) is 22.7 Å². The van der Waals surface area contributed by atoms with Crippen molar-refractivity contribution in [3.05, 3.63) is 34.9 Å². The van der Waals surface area contributed by atoms with E-state index in [1.165, 1.54) is 14.0 Å². The number of carbonyl (C=O) groups is 1. The molecule has 0 aromatic heterocycles. The Morgan fingerprint density at radius 2 is 2.10 bits per heavy atom. The van der Waals surface area contributed by atoms with Crippen molar-refractivity contribution in [2.75, 3.05) is 12.8 Å². The molecule has 0 radical (unpaired) electrons. The number of hydrogen-bond donors (Lipinski definition) is 3. The first-order chi connectivity index (χ1) is 9.60. The van der Waals surface area contributed by atoms with Gasteiger partial charge in [-0.1, -0.05) is 0 Å². The summed E-state index contributed by atoms with van der Waals surface area (Å²) in [4.78, 5) is 14.8. The third-order valence-electron chi connectivity index (χ3n) is 3.36. The fourth-order valence-electron chi connectivity index (χ4n) is 2.19. The van der Waals surface area contributed by atoms with Gasteiger partial charge in [-0.05, 0) is 19.1 Å². The average Bonchev–Trinajstić information content (AvgIpc) is 2.38. The number of halogens is 2. The average molecular weight is 319 g/mol. The highest BCUT2D eigenvalue weighted by Crippen LogP contribution is 2.51. The predicted octanol–water partition coefficient (Wildman–Crippen LogP) is 1.92. The van der Waals surface area contributed by atoms with Crippen LogP contribution in [0.25, 0.3) is 0 Å². The number of nitrogens with zero attached hydrogens (tertiary/aromatic N) is 2. The summed E-state index contributed by atoms with van der Waals surface area (Å²) in [7, 11) is -1.98. The molecule has 1 aliphatic rings. The molecule has 4 N–H and O–H groups in total. The molecule has 116 valence electrons. The normalized spacial score (nSPS) is 26.2. The van der Waals surface area contributed by atoms with Crippen molar-refractivity contribution in [2.45, 2.75) is 12.5 Å². The maximum Gasteiger partial charge on any atom is 0.210 e. The minimum atomic E-state index is -3.32. The standard InChI is InChI=1S/C12H15F2N3O3S/c1-12(6-21(19,20)17(2)11(15)16-12)8-3-7(5-18)4-9(13)10(8)14/h3-5,19-20H,6H2,1-2H3,(H2,15,16). The van der Waals surface area contributed by atoms with Gasteiger partial charge in [0.2, 0.25) is 5.96 Å². The second-order valence-electron chi connectivity index (χ2n) is 5.00. The molecule has 0 fully saturated rings. The van der Waals surface area contributed by atoms with Crippen molar-refractivity contribution in [3.63, 3.8) is 0 Å². The highest BCUT2D eigenvalue weighted by Gasteiger charge is 2.42. The van der Waals surface area contributed by atoms with Gasteiger partial charge in [-0.15, -0.1) is 10.8 Å². The van der Waals surface area contributed by atoms with Gasteiger partial charge in [0.15, 0.2) is 11.6 Å². The van der Waals surface area contributed by atoms with Gasteiger partial charge in [-0.3, -0.25) is 13.9 Å². The number of carbonyl (C=O) groups excluding carboxylic acids is 1. The summed E-state index contributed by atoms with van der Waals surface area (Å²) in [6, 6.07) is 1.89. The molecule has 1 aromatic rings. The van der Waals surface area contributed by atoms with Crippen LogP contribution in [0.3, 0.4) is 0 Å². The van der Waals surface area contributed by atoms with E-state index in [-0.39, 0.29) is 22.8 Å². The number of benzene rings is 1. The zero-order valence-corrected chi connectivity index (χ0v) is 12.2. The molecular weight excluding hydrogens is 304 g/mol. The van der Waals surface area contributed by atoms with Crippen LogP contribution in [-0.4, -0.2) is 38.5 Å². The lowest BCUT2D eigenvalue weighted by atomic mass is 9.92. The number of nitrogens with two attached hydrogens (primary N) is 1. The first-order valence-corrected chi connectivity index (χ1v) is 7.58. The Morgan fingerprint density at radius 3 is 2.62 bits per heavy atom. The third-order valence-corrected chi connectivity index (χ3v) is 5.38. The van der Waals surface area contributed by atoms with Gasteiger partial charge < -0.3 is 5.73 Å².